The highest BCUT2D eigenvalue weighted by atomic mass is 19.1. The number of furan rings is 1. The highest BCUT2D eigenvalue weighted by Gasteiger charge is 2.12. The summed E-state index contributed by atoms with van der Waals surface area (Å²) in [7, 11) is 0. The normalized spacial score (nSPS) is 11.2. The molecule has 0 unspecified atom stereocenters. The van der Waals surface area contributed by atoms with Gasteiger partial charge in [-0.25, -0.2) is 4.39 Å². The van der Waals surface area contributed by atoms with E-state index in [0.29, 0.717) is 11.3 Å². The smallest absolute Gasteiger partial charge is 0.138 e. The van der Waals surface area contributed by atoms with Gasteiger partial charge in [0.1, 0.15) is 17.2 Å². The summed E-state index contributed by atoms with van der Waals surface area (Å²) in [6.45, 7) is 5.65. The van der Waals surface area contributed by atoms with Crippen molar-refractivity contribution in [2.45, 2.75) is 20.4 Å². The fourth-order valence-electron chi connectivity index (χ4n) is 2.48. The fraction of sp³-hybridized carbons (Fsp3) is 0.222. The van der Waals surface area contributed by atoms with Crippen LogP contribution in [0.25, 0.3) is 22.3 Å². The summed E-state index contributed by atoms with van der Waals surface area (Å²) >= 11 is 0. The van der Waals surface area contributed by atoms with Crippen molar-refractivity contribution in [1.29, 1.82) is 0 Å². The number of rotatable bonds is 4. The molecule has 0 bridgehead atoms. The van der Waals surface area contributed by atoms with Crippen LogP contribution in [0.3, 0.4) is 0 Å². The van der Waals surface area contributed by atoms with Crippen LogP contribution in [0.2, 0.25) is 0 Å². The SMILES string of the molecule is CCNCc1ccc(F)c(-c2cc3cccc(C)c3o2)c1. The van der Waals surface area contributed by atoms with Crippen LogP contribution in [0, 0.1) is 12.7 Å². The Balaban J connectivity index is 2.06. The molecular weight excluding hydrogens is 265 g/mol. The second kappa shape index (κ2) is 5.70. The third-order valence-electron chi connectivity index (χ3n) is 3.62. The monoisotopic (exact) mass is 283 g/mol. The van der Waals surface area contributed by atoms with E-state index in [9.17, 15) is 4.39 Å². The van der Waals surface area contributed by atoms with Gasteiger partial charge in [0.05, 0.1) is 5.56 Å². The maximum atomic E-state index is 14.1. The van der Waals surface area contributed by atoms with Crippen LogP contribution in [-0.2, 0) is 6.54 Å². The van der Waals surface area contributed by atoms with Gasteiger partial charge in [-0.1, -0.05) is 31.2 Å². The molecule has 2 nitrogen and oxygen atoms in total. The molecule has 0 amide bonds. The summed E-state index contributed by atoms with van der Waals surface area (Å²) in [5.74, 6) is 0.321. The molecule has 1 heterocycles. The van der Waals surface area contributed by atoms with Gasteiger partial charge in [-0.15, -0.1) is 0 Å². The molecule has 0 aliphatic carbocycles. The summed E-state index contributed by atoms with van der Waals surface area (Å²) in [5.41, 5.74) is 3.44. The van der Waals surface area contributed by atoms with Gasteiger partial charge in [0, 0.05) is 11.9 Å². The molecule has 0 atom stereocenters. The zero-order chi connectivity index (χ0) is 14.8. The Labute approximate surface area is 123 Å². The van der Waals surface area contributed by atoms with E-state index in [4.69, 9.17) is 4.42 Å². The van der Waals surface area contributed by atoms with Crippen LogP contribution in [0.15, 0.2) is 46.9 Å². The quantitative estimate of drug-likeness (QED) is 0.753. The molecule has 21 heavy (non-hydrogen) atoms. The second-order valence-corrected chi connectivity index (χ2v) is 5.20. The van der Waals surface area contributed by atoms with E-state index >= 15 is 0 Å². The number of hydrogen-bond donors (Lipinski definition) is 1. The predicted molar refractivity (Wildman–Crippen MR) is 83.7 cm³/mol. The molecule has 3 rings (SSSR count). The lowest BCUT2D eigenvalue weighted by Crippen LogP contribution is -2.11. The molecule has 0 saturated carbocycles. The van der Waals surface area contributed by atoms with Crippen LogP contribution in [0.4, 0.5) is 4.39 Å². The number of hydrogen-bond acceptors (Lipinski definition) is 2. The van der Waals surface area contributed by atoms with Gasteiger partial charge in [-0.05, 0) is 42.8 Å². The molecule has 1 aromatic heterocycles. The molecule has 0 aliphatic heterocycles. The summed E-state index contributed by atoms with van der Waals surface area (Å²) in [6, 6.07) is 13.0. The first-order chi connectivity index (χ1) is 10.2. The standard InChI is InChI=1S/C18H18FNO/c1-3-20-11-13-7-8-16(19)15(9-13)17-10-14-6-4-5-12(2)18(14)21-17/h4-10,20H,3,11H2,1-2H3. The fourth-order valence-corrected chi connectivity index (χ4v) is 2.48. The van der Waals surface area contributed by atoms with E-state index in [0.717, 1.165) is 35.2 Å². The molecule has 0 fully saturated rings. The van der Waals surface area contributed by atoms with Gasteiger partial charge < -0.3 is 9.73 Å². The van der Waals surface area contributed by atoms with Crippen molar-refractivity contribution in [2.24, 2.45) is 0 Å². The van der Waals surface area contributed by atoms with Gasteiger partial charge in [0.2, 0.25) is 0 Å². The molecule has 0 saturated heterocycles. The van der Waals surface area contributed by atoms with Crippen molar-refractivity contribution in [3.05, 3.63) is 59.4 Å². The van der Waals surface area contributed by atoms with Crippen LogP contribution in [0.1, 0.15) is 18.1 Å². The Morgan fingerprint density at radius 3 is 2.76 bits per heavy atom. The van der Waals surface area contributed by atoms with E-state index in [1.165, 1.54) is 6.07 Å². The summed E-state index contributed by atoms with van der Waals surface area (Å²) in [5, 5.41) is 4.25. The lowest BCUT2D eigenvalue weighted by atomic mass is 10.1. The predicted octanol–water partition coefficient (Wildman–Crippen LogP) is 4.66. The number of aryl methyl sites for hydroxylation is 1. The third kappa shape index (κ3) is 2.69. The van der Waals surface area contributed by atoms with Crippen LogP contribution >= 0.6 is 0 Å². The molecule has 3 heteroatoms. The van der Waals surface area contributed by atoms with E-state index in [1.54, 1.807) is 6.07 Å². The van der Waals surface area contributed by atoms with Gasteiger partial charge in [0.15, 0.2) is 0 Å². The van der Waals surface area contributed by atoms with Crippen molar-refractivity contribution < 1.29 is 8.81 Å². The number of para-hydroxylation sites is 1. The number of benzene rings is 2. The van der Waals surface area contributed by atoms with Crippen molar-refractivity contribution in [1.82, 2.24) is 5.32 Å². The minimum Gasteiger partial charge on any atom is -0.456 e. The molecule has 2 aromatic carbocycles. The zero-order valence-corrected chi connectivity index (χ0v) is 12.2. The molecular formula is C18H18FNO. The zero-order valence-electron chi connectivity index (χ0n) is 12.2. The Morgan fingerprint density at radius 1 is 1.14 bits per heavy atom. The maximum Gasteiger partial charge on any atom is 0.138 e. The van der Waals surface area contributed by atoms with Gasteiger partial charge in [0.25, 0.3) is 0 Å². The molecule has 108 valence electrons. The minimum absolute atomic E-state index is 0.257. The Hall–Kier alpha value is -2.13. The first-order valence-corrected chi connectivity index (χ1v) is 7.17. The van der Waals surface area contributed by atoms with Gasteiger partial charge in [-0.3, -0.25) is 0 Å². The summed E-state index contributed by atoms with van der Waals surface area (Å²) < 4.78 is 20.0. The number of nitrogens with one attached hydrogen (secondary N) is 1. The second-order valence-electron chi connectivity index (χ2n) is 5.20. The van der Waals surface area contributed by atoms with Crippen LogP contribution < -0.4 is 5.32 Å². The van der Waals surface area contributed by atoms with Crippen LogP contribution in [-0.4, -0.2) is 6.54 Å². The maximum absolute atomic E-state index is 14.1. The molecule has 0 spiro atoms. The summed E-state index contributed by atoms with van der Waals surface area (Å²) in [6.07, 6.45) is 0. The van der Waals surface area contributed by atoms with E-state index in [2.05, 4.69) is 5.32 Å². The van der Waals surface area contributed by atoms with E-state index in [-0.39, 0.29) is 5.82 Å². The van der Waals surface area contributed by atoms with Crippen LogP contribution in [0.5, 0.6) is 0 Å². The Morgan fingerprint density at radius 2 is 2.00 bits per heavy atom. The lowest BCUT2D eigenvalue weighted by molar-refractivity contribution is 0.599. The lowest BCUT2D eigenvalue weighted by Gasteiger charge is -2.05. The summed E-state index contributed by atoms with van der Waals surface area (Å²) in [4.78, 5) is 0. The minimum atomic E-state index is -0.257. The molecule has 0 aliphatic rings. The van der Waals surface area contributed by atoms with Crippen molar-refractivity contribution >= 4 is 11.0 Å². The van der Waals surface area contributed by atoms with E-state index < -0.39 is 0 Å². The first-order valence-electron chi connectivity index (χ1n) is 7.17. The third-order valence-corrected chi connectivity index (χ3v) is 3.62. The first kappa shape index (κ1) is 13.8. The topological polar surface area (TPSA) is 25.2 Å². The Kier molecular flexibility index (Phi) is 3.76. The number of fused-ring (bicyclic) bond motifs is 1. The highest BCUT2D eigenvalue weighted by molar-refractivity contribution is 5.85. The number of halogens is 1. The Bertz CT molecular complexity index is 776. The largest absolute Gasteiger partial charge is 0.456 e. The average molecular weight is 283 g/mol. The van der Waals surface area contributed by atoms with Crippen molar-refractivity contribution in [2.75, 3.05) is 6.54 Å². The molecule has 3 aromatic rings. The van der Waals surface area contributed by atoms with Gasteiger partial charge >= 0.3 is 0 Å². The molecule has 0 radical (unpaired) electrons. The average Bonchev–Trinajstić information content (AvgIpc) is 2.92. The van der Waals surface area contributed by atoms with Crippen molar-refractivity contribution in [3.63, 3.8) is 0 Å². The molecule has 1 N–H and O–H groups in total. The van der Waals surface area contributed by atoms with Gasteiger partial charge in [-0.2, -0.15) is 0 Å². The highest BCUT2D eigenvalue weighted by Crippen LogP contribution is 2.31. The van der Waals surface area contributed by atoms with E-state index in [1.807, 2.05) is 44.2 Å². The van der Waals surface area contributed by atoms with Crippen molar-refractivity contribution in [3.8, 4) is 11.3 Å².